The molecule has 5 nitrogen and oxygen atoms in total. The van der Waals surface area contributed by atoms with Gasteiger partial charge in [0.25, 0.3) is 5.91 Å². The Morgan fingerprint density at radius 2 is 1.91 bits per heavy atom. The summed E-state index contributed by atoms with van der Waals surface area (Å²) in [6.07, 6.45) is 6.28. The molecule has 1 aliphatic heterocycles. The van der Waals surface area contributed by atoms with E-state index in [4.69, 9.17) is 4.42 Å². The first-order valence-corrected chi connectivity index (χ1v) is 7.50. The van der Waals surface area contributed by atoms with E-state index in [1.165, 1.54) is 6.26 Å². The smallest absolute Gasteiger partial charge is 0.289 e. The molecule has 0 spiro atoms. The Morgan fingerprint density at radius 1 is 1.27 bits per heavy atom. The van der Waals surface area contributed by atoms with Crippen LogP contribution in [0.5, 0.6) is 0 Å². The van der Waals surface area contributed by atoms with E-state index in [1.807, 2.05) is 0 Å². The van der Waals surface area contributed by atoms with E-state index >= 15 is 0 Å². The van der Waals surface area contributed by atoms with Crippen LogP contribution in [0.1, 0.15) is 23.4 Å². The second-order valence-corrected chi connectivity index (χ2v) is 5.36. The molecule has 5 heteroatoms. The molecule has 0 aliphatic carbocycles. The first kappa shape index (κ1) is 16.1. The van der Waals surface area contributed by atoms with E-state index in [1.54, 1.807) is 34.1 Å². The van der Waals surface area contributed by atoms with Crippen molar-refractivity contribution in [1.29, 1.82) is 0 Å². The van der Waals surface area contributed by atoms with Gasteiger partial charge < -0.3 is 14.2 Å². The van der Waals surface area contributed by atoms with Crippen LogP contribution in [-0.4, -0.2) is 47.8 Å². The monoisotopic (exact) mass is 302 g/mol. The summed E-state index contributed by atoms with van der Waals surface area (Å²) in [6.45, 7) is 9.56. The topological polar surface area (TPSA) is 53.8 Å². The molecule has 1 aliphatic rings. The molecule has 0 aromatic carbocycles. The number of hydrogen-bond donors (Lipinski definition) is 0. The first-order chi connectivity index (χ1) is 10.7. The molecule has 0 radical (unpaired) electrons. The SMILES string of the molecule is C=CCN(CC=C)C(=O)C1CCN(C(=O)c2ccco2)CC1. The molecule has 1 fully saturated rings. The number of rotatable bonds is 6. The van der Waals surface area contributed by atoms with E-state index in [-0.39, 0.29) is 17.7 Å². The van der Waals surface area contributed by atoms with Crippen molar-refractivity contribution in [2.24, 2.45) is 5.92 Å². The molecule has 1 aromatic rings. The summed E-state index contributed by atoms with van der Waals surface area (Å²) < 4.78 is 5.14. The van der Waals surface area contributed by atoms with Gasteiger partial charge in [-0.05, 0) is 25.0 Å². The summed E-state index contributed by atoms with van der Waals surface area (Å²) in [5.41, 5.74) is 0. The molecule has 2 amide bonds. The van der Waals surface area contributed by atoms with Crippen LogP contribution in [0, 0.1) is 5.92 Å². The third kappa shape index (κ3) is 3.67. The minimum absolute atomic E-state index is 0.0412. The standard InChI is InChI=1S/C17H22N2O3/c1-3-9-18(10-4-2)16(20)14-7-11-19(12-8-14)17(21)15-6-5-13-22-15/h3-6,13-14H,1-2,7-12H2. The molecular weight excluding hydrogens is 280 g/mol. The number of amides is 2. The van der Waals surface area contributed by atoms with Gasteiger partial charge in [0, 0.05) is 32.1 Å². The van der Waals surface area contributed by atoms with Crippen LogP contribution in [0.2, 0.25) is 0 Å². The fourth-order valence-corrected chi connectivity index (χ4v) is 2.71. The zero-order valence-corrected chi connectivity index (χ0v) is 12.7. The van der Waals surface area contributed by atoms with Gasteiger partial charge in [0.2, 0.25) is 5.91 Å². The van der Waals surface area contributed by atoms with Gasteiger partial charge >= 0.3 is 0 Å². The van der Waals surface area contributed by atoms with Crippen LogP contribution >= 0.6 is 0 Å². The van der Waals surface area contributed by atoms with Crippen LogP contribution in [-0.2, 0) is 4.79 Å². The zero-order valence-electron chi connectivity index (χ0n) is 12.7. The Balaban J connectivity index is 1.90. The molecule has 118 valence electrons. The lowest BCUT2D eigenvalue weighted by atomic mass is 9.95. The normalized spacial score (nSPS) is 15.4. The number of likely N-dealkylation sites (tertiary alicyclic amines) is 1. The van der Waals surface area contributed by atoms with Gasteiger partial charge in [0.05, 0.1) is 6.26 Å². The number of carbonyl (C=O) groups excluding carboxylic acids is 2. The Hall–Kier alpha value is -2.30. The van der Waals surface area contributed by atoms with Gasteiger partial charge in [-0.2, -0.15) is 0 Å². The summed E-state index contributed by atoms with van der Waals surface area (Å²) in [5, 5.41) is 0. The maximum atomic E-state index is 12.5. The van der Waals surface area contributed by atoms with Crippen molar-refractivity contribution in [2.75, 3.05) is 26.2 Å². The summed E-state index contributed by atoms with van der Waals surface area (Å²) in [5.74, 6) is 0.320. The summed E-state index contributed by atoms with van der Waals surface area (Å²) in [4.78, 5) is 28.2. The highest BCUT2D eigenvalue weighted by molar-refractivity contribution is 5.91. The Morgan fingerprint density at radius 3 is 2.41 bits per heavy atom. The lowest BCUT2D eigenvalue weighted by Gasteiger charge is -2.33. The largest absolute Gasteiger partial charge is 0.459 e. The number of hydrogen-bond acceptors (Lipinski definition) is 3. The number of carbonyl (C=O) groups is 2. The zero-order chi connectivity index (χ0) is 15.9. The fourth-order valence-electron chi connectivity index (χ4n) is 2.71. The molecule has 0 atom stereocenters. The summed E-state index contributed by atoms with van der Waals surface area (Å²) in [6, 6.07) is 3.36. The van der Waals surface area contributed by atoms with Gasteiger partial charge in [0.15, 0.2) is 5.76 Å². The minimum Gasteiger partial charge on any atom is -0.459 e. The second kappa shape index (κ2) is 7.64. The molecule has 1 saturated heterocycles. The quantitative estimate of drug-likeness (QED) is 0.758. The molecule has 0 N–H and O–H groups in total. The van der Waals surface area contributed by atoms with E-state index in [0.29, 0.717) is 44.8 Å². The van der Waals surface area contributed by atoms with Gasteiger partial charge in [-0.15, -0.1) is 13.2 Å². The average molecular weight is 302 g/mol. The van der Waals surface area contributed by atoms with Crippen LogP contribution in [0.25, 0.3) is 0 Å². The van der Waals surface area contributed by atoms with Crippen molar-refractivity contribution >= 4 is 11.8 Å². The first-order valence-electron chi connectivity index (χ1n) is 7.50. The third-order valence-electron chi connectivity index (χ3n) is 3.87. The Kier molecular flexibility index (Phi) is 5.58. The van der Waals surface area contributed by atoms with Crippen LogP contribution < -0.4 is 0 Å². The highest BCUT2D eigenvalue weighted by Gasteiger charge is 2.30. The molecule has 0 saturated carbocycles. The average Bonchev–Trinajstić information content (AvgIpc) is 3.08. The summed E-state index contributed by atoms with van der Waals surface area (Å²) in [7, 11) is 0. The van der Waals surface area contributed by atoms with Crippen molar-refractivity contribution in [2.45, 2.75) is 12.8 Å². The fraction of sp³-hybridized carbons (Fsp3) is 0.412. The highest BCUT2D eigenvalue weighted by atomic mass is 16.3. The molecular formula is C17H22N2O3. The van der Waals surface area contributed by atoms with Crippen molar-refractivity contribution in [3.63, 3.8) is 0 Å². The highest BCUT2D eigenvalue weighted by Crippen LogP contribution is 2.21. The number of furan rings is 1. The molecule has 0 unspecified atom stereocenters. The van der Waals surface area contributed by atoms with Crippen LogP contribution in [0.3, 0.4) is 0 Å². The van der Waals surface area contributed by atoms with Gasteiger partial charge in [-0.1, -0.05) is 12.2 Å². The van der Waals surface area contributed by atoms with Gasteiger partial charge in [-0.3, -0.25) is 9.59 Å². The van der Waals surface area contributed by atoms with Crippen molar-refractivity contribution in [3.05, 3.63) is 49.5 Å². The van der Waals surface area contributed by atoms with E-state index in [2.05, 4.69) is 13.2 Å². The summed E-state index contributed by atoms with van der Waals surface area (Å²) >= 11 is 0. The molecule has 1 aromatic heterocycles. The van der Waals surface area contributed by atoms with Crippen molar-refractivity contribution in [1.82, 2.24) is 9.80 Å². The van der Waals surface area contributed by atoms with Crippen LogP contribution in [0.15, 0.2) is 48.1 Å². The molecule has 22 heavy (non-hydrogen) atoms. The van der Waals surface area contributed by atoms with Gasteiger partial charge in [0.1, 0.15) is 0 Å². The molecule has 2 rings (SSSR count). The number of piperidine rings is 1. The van der Waals surface area contributed by atoms with E-state index < -0.39 is 0 Å². The predicted molar refractivity (Wildman–Crippen MR) is 84.3 cm³/mol. The maximum absolute atomic E-state index is 12.5. The number of nitrogens with zero attached hydrogens (tertiary/aromatic N) is 2. The maximum Gasteiger partial charge on any atom is 0.289 e. The van der Waals surface area contributed by atoms with Crippen LogP contribution in [0.4, 0.5) is 0 Å². The lowest BCUT2D eigenvalue weighted by molar-refractivity contribution is -0.135. The minimum atomic E-state index is -0.107. The third-order valence-corrected chi connectivity index (χ3v) is 3.87. The van der Waals surface area contributed by atoms with Gasteiger partial charge in [-0.25, -0.2) is 0 Å². The van der Waals surface area contributed by atoms with E-state index in [9.17, 15) is 9.59 Å². The van der Waals surface area contributed by atoms with E-state index in [0.717, 1.165) is 0 Å². The van der Waals surface area contributed by atoms with Crippen molar-refractivity contribution < 1.29 is 14.0 Å². The molecule has 0 bridgehead atoms. The second-order valence-electron chi connectivity index (χ2n) is 5.36. The molecule has 2 heterocycles. The predicted octanol–water partition coefficient (Wildman–Crippen LogP) is 2.33. The van der Waals surface area contributed by atoms with Crippen molar-refractivity contribution in [3.8, 4) is 0 Å². The lowest BCUT2D eigenvalue weighted by Crippen LogP contribution is -2.44. The Bertz CT molecular complexity index is 518. The Labute approximate surface area is 130 Å².